The van der Waals surface area contributed by atoms with E-state index in [0.29, 0.717) is 18.4 Å². The first-order valence-corrected chi connectivity index (χ1v) is 8.83. The zero-order valence-electron chi connectivity index (χ0n) is 15.1. The minimum atomic E-state index is -1.29. The van der Waals surface area contributed by atoms with E-state index in [-0.39, 0.29) is 17.8 Å². The number of carboxylic acids is 1. The summed E-state index contributed by atoms with van der Waals surface area (Å²) in [5.74, 6) is -2.20. The standard InChI is InChI=1S/C18H23N3O6/c1-12-10-13(6-7-14(12)21(26)27)16(23)19-11-15(22)20-18(17(24)25)8-4-2-3-5-9-18/h6-7,10H,2-5,8-9,11H2,1H3,(H,19,23)(H,20,22)(H,24,25). The maximum absolute atomic E-state index is 12.2. The number of rotatable bonds is 6. The summed E-state index contributed by atoms with van der Waals surface area (Å²) in [6.07, 6.45) is 4.04. The van der Waals surface area contributed by atoms with E-state index in [1.54, 1.807) is 0 Å². The van der Waals surface area contributed by atoms with Gasteiger partial charge in [0.15, 0.2) is 0 Å². The Labute approximate surface area is 156 Å². The number of hydrogen-bond acceptors (Lipinski definition) is 5. The normalized spacial score (nSPS) is 16.0. The van der Waals surface area contributed by atoms with Crippen molar-refractivity contribution >= 4 is 23.5 Å². The van der Waals surface area contributed by atoms with Crippen LogP contribution < -0.4 is 10.6 Å². The molecule has 27 heavy (non-hydrogen) atoms. The predicted molar refractivity (Wildman–Crippen MR) is 96.4 cm³/mol. The molecule has 0 aliphatic heterocycles. The first-order chi connectivity index (χ1) is 12.7. The van der Waals surface area contributed by atoms with Crippen molar-refractivity contribution in [2.45, 2.75) is 51.0 Å². The first kappa shape index (κ1) is 20.3. The molecule has 0 bridgehead atoms. The molecular weight excluding hydrogens is 354 g/mol. The Kier molecular flexibility index (Phi) is 6.49. The Balaban J connectivity index is 1.98. The van der Waals surface area contributed by atoms with Crippen LogP contribution in [-0.4, -0.2) is 39.9 Å². The third-order valence-electron chi connectivity index (χ3n) is 4.81. The van der Waals surface area contributed by atoms with Crippen molar-refractivity contribution in [1.29, 1.82) is 0 Å². The summed E-state index contributed by atoms with van der Waals surface area (Å²) in [5.41, 5.74) is -0.864. The summed E-state index contributed by atoms with van der Waals surface area (Å²) in [4.78, 5) is 46.3. The van der Waals surface area contributed by atoms with Crippen LogP contribution in [0.3, 0.4) is 0 Å². The average molecular weight is 377 g/mol. The molecule has 0 saturated heterocycles. The van der Waals surface area contributed by atoms with Crippen LogP contribution in [0, 0.1) is 17.0 Å². The van der Waals surface area contributed by atoms with Gasteiger partial charge in [0.1, 0.15) is 5.54 Å². The molecule has 0 heterocycles. The summed E-state index contributed by atoms with van der Waals surface area (Å²) >= 11 is 0. The molecule has 0 spiro atoms. The monoisotopic (exact) mass is 377 g/mol. The number of carboxylic acid groups (broad SMARTS) is 1. The number of nitro benzene ring substituents is 1. The summed E-state index contributed by atoms with van der Waals surface area (Å²) < 4.78 is 0. The number of nitro groups is 1. The lowest BCUT2D eigenvalue weighted by Crippen LogP contribution is -2.56. The molecule has 1 aliphatic carbocycles. The lowest BCUT2D eigenvalue weighted by Gasteiger charge is -2.29. The Morgan fingerprint density at radius 1 is 1.19 bits per heavy atom. The minimum Gasteiger partial charge on any atom is -0.480 e. The van der Waals surface area contributed by atoms with Gasteiger partial charge in [-0.15, -0.1) is 0 Å². The molecule has 0 radical (unpaired) electrons. The van der Waals surface area contributed by atoms with Gasteiger partial charge < -0.3 is 15.7 Å². The maximum atomic E-state index is 12.2. The highest BCUT2D eigenvalue weighted by molar-refractivity contribution is 5.97. The van der Waals surface area contributed by atoms with Gasteiger partial charge in [-0.3, -0.25) is 19.7 Å². The van der Waals surface area contributed by atoms with Crippen LogP contribution in [0.2, 0.25) is 0 Å². The first-order valence-electron chi connectivity index (χ1n) is 8.83. The third-order valence-corrected chi connectivity index (χ3v) is 4.81. The molecule has 2 rings (SSSR count). The molecule has 0 atom stereocenters. The molecule has 1 aliphatic rings. The largest absolute Gasteiger partial charge is 0.480 e. The zero-order valence-corrected chi connectivity index (χ0v) is 15.1. The van der Waals surface area contributed by atoms with Crippen molar-refractivity contribution in [1.82, 2.24) is 10.6 Å². The number of nitrogens with zero attached hydrogens (tertiary/aromatic N) is 1. The van der Waals surface area contributed by atoms with E-state index in [2.05, 4.69) is 10.6 Å². The van der Waals surface area contributed by atoms with Gasteiger partial charge in [0.2, 0.25) is 5.91 Å². The van der Waals surface area contributed by atoms with Gasteiger partial charge in [-0.1, -0.05) is 25.7 Å². The molecule has 1 saturated carbocycles. The van der Waals surface area contributed by atoms with E-state index in [1.165, 1.54) is 25.1 Å². The number of benzene rings is 1. The van der Waals surface area contributed by atoms with Gasteiger partial charge in [-0.25, -0.2) is 4.79 Å². The van der Waals surface area contributed by atoms with Crippen LogP contribution in [0.4, 0.5) is 5.69 Å². The number of carbonyl (C=O) groups excluding carboxylic acids is 2. The van der Waals surface area contributed by atoms with Crippen LogP contribution in [-0.2, 0) is 9.59 Å². The Morgan fingerprint density at radius 3 is 2.33 bits per heavy atom. The number of carbonyl (C=O) groups is 3. The number of hydrogen-bond donors (Lipinski definition) is 3. The fourth-order valence-corrected chi connectivity index (χ4v) is 3.30. The molecule has 1 aromatic rings. The van der Waals surface area contributed by atoms with Gasteiger partial charge in [-0.2, -0.15) is 0 Å². The molecule has 2 amide bonds. The van der Waals surface area contributed by atoms with Gasteiger partial charge in [0.25, 0.3) is 11.6 Å². The molecular formula is C18H23N3O6. The topological polar surface area (TPSA) is 139 Å². The molecule has 9 heteroatoms. The van der Waals surface area contributed by atoms with Crippen molar-refractivity contribution in [2.75, 3.05) is 6.54 Å². The molecule has 0 aromatic heterocycles. The highest BCUT2D eigenvalue weighted by Gasteiger charge is 2.39. The van der Waals surface area contributed by atoms with Crippen molar-refractivity contribution in [3.8, 4) is 0 Å². The smallest absolute Gasteiger partial charge is 0.329 e. The van der Waals surface area contributed by atoms with Crippen LogP contribution in [0.5, 0.6) is 0 Å². The number of aliphatic carboxylic acids is 1. The number of nitrogens with one attached hydrogen (secondary N) is 2. The molecule has 0 unspecified atom stereocenters. The van der Waals surface area contributed by atoms with Crippen LogP contribution in [0.1, 0.15) is 54.4 Å². The number of amides is 2. The zero-order chi connectivity index (χ0) is 20.0. The van der Waals surface area contributed by atoms with Crippen LogP contribution in [0.25, 0.3) is 0 Å². The molecule has 3 N–H and O–H groups in total. The van der Waals surface area contributed by atoms with E-state index in [0.717, 1.165) is 25.7 Å². The SMILES string of the molecule is Cc1cc(C(=O)NCC(=O)NC2(C(=O)O)CCCCCC2)ccc1[N+](=O)[O-]. The summed E-state index contributed by atoms with van der Waals surface area (Å²) in [6, 6.07) is 3.91. The Hall–Kier alpha value is -2.97. The number of aryl methyl sites for hydroxylation is 1. The van der Waals surface area contributed by atoms with Crippen molar-refractivity contribution in [2.24, 2.45) is 0 Å². The van der Waals surface area contributed by atoms with E-state index < -0.39 is 28.2 Å². The highest BCUT2D eigenvalue weighted by atomic mass is 16.6. The van der Waals surface area contributed by atoms with Gasteiger partial charge >= 0.3 is 5.97 Å². The maximum Gasteiger partial charge on any atom is 0.329 e. The van der Waals surface area contributed by atoms with E-state index >= 15 is 0 Å². The molecule has 1 aromatic carbocycles. The van der Waals surface area contributed by atoms with Gasteiger partial charge in [0.05, 0.1) is 11.5 Å². The second-order valence-electron chi connectivity index (χ2n) is 6.79. The average Bonchev–Trinajstić information content (AvgIpc) is 2.85. The minimum absolute atomic E-state index is 0.0962. The van der Waals surface area contributed by atoms with Crippen molar-refractivity contribution < 1.29 is 24.4 Å². The van der Waals surface area contributed by atoms with E-state index in [1.807, 2.05) is 0 Å². The van der Waals surface area contributed by atoms with Gasteiger partial charge in [-0.05, 0) is 31.9 Å². The van der Waals surface area contributed by atoms with E-state index in [4.69, 9.17) is 0 Å². The lowest BCUT2D eigenvalue weighted by molar-refractivity contribution is -0.385. The molecule has 9 nitrogen and oxygen atoms in total. The highest BCUT2D eigenvalue weighted by Crippen LogP contribution is 2.27. The predicted octanol–water partition coefficient (Wildman–Crippen LogP) is 1.93. The Morgan fingerprint density at radius 2 is 1.81 bits per heavy atom. The second kappa shape index (κ2) is 8.61. The quantitative estimate of drug-likeness (QED) is 0.393. The fourth-order valence-electron chi connectivity index (χ4n) is 3.30. The second-order valence-corrected chi connectivity index (χ2v) is 6.79. The third kappa shape index (κ3) is 5.02. The van der Waals surface area contributed by atoms with Gasteiger partial charge in [0, 0.05) is 17.2 Å². The van der Waals surface area contributed by atoms with Crippen LogP contribution in [0.15, 0.2) is 18.2 Å². The summed E-state index contributed by atoms with van der Waals surface area (Å²) in [7, 11) is 0. The summed E-state index contributed by atoms with van der Waals surface area (Å²) in [5, 5.41) is 25.4. The van der Waals surface area contributed by atoms with Crippen LogP contribution >= 0.6 is 0 Å². The Bertz CT molecular complexity index is 753. The van der Waals surface area contributed by atoms with Crippen molar-refractivity contribution in [3.63, 3.8) is 0 Å². The molecule has 1 fully saturated rings. The lowest BCUT2D eigenvalue weighted by atomic mass is 9.90. The van der Waals surface area contributed by atoms with Crippen molar-refractivity contribution in [3.05, 3.63) is 39.4 Å². The summed E-state index contributed by atoms with van der Waals surface area (Å²) in [6.45, 7) is 1.15. The molecule has 146 valence electrons. The fraction of sp³-hybridized carbons (Fsp3) is 0.500. The van der Waals surface area contributed by atoms with E-state index in [9.17, 15) is 29.6 Å².